The zero-order valence-electron chi connectivity index (χ0n) is 14.3. The molecular weight excluding hydrogens is 356 g/mol. The Labute approximate surface area is 156 Å². The fourth-order valence-electron chi connectivity index (χ4n) is 2.97. The van der Waals surface area contributed by atoms with Crippen LogP contribution in [0.25, 0.3) is 0 Å². The molecule has 0 fully saturated rings. The number of amides is 1. The largest absolute Gasteiger partial charge is 0.496 e. The van der Waals surface area contributed by atoms with Gasteiger partial charge < -0.3 is 20.1 Å². The number of para-hydroxylation sites is 1. The minimum Gasteiger partial charge on any atom is -0.496 e. The first-order valence-corrected chi connectivity index (χ1v) is 8.57. The number of nitrogens with two attached hydrogens (primary N) is 1. The monoisotopic (exact) mass is 374 g/mol. The molecule has 7 heteroatoms. The van der Waals surface area contributed by atoms with Gasteiger partial charge in [0.05, 0.1) is 17.8 Å². The molecule has 0 saturated carbocycles. The second-order valence-electron chi connectivity index (χ2n) is 5.93. The number of esters is 1. The SMILES string of the molecule is COc1cc(N)c(Cl)cc1C(=O)OCC(=O)N1CCCc2ccccc21. The minimum absolute atomic E-state index is 0.124. The molecule has 0 aromatic heterocycles. The van der Waals surface area contributed by atoms with Crippen LogP contribution < -0.4 is 15.4 Å². The highest BCUT2D eigenvalue weighted by Crippen LogP contribution is 2.30. The number of halogens is 1. The van der Waals surface area contributed by atoms with Gasteiger partial charge in [-0.05, 0) is 30.5 Å². The number of carbonyl (C=O) groups excluding carboxylic acids is 2. The fourth-order valence-corrected chi connectivity index (χ4v) is 3.14. The highest BCUT2D eigenvalue weighted by Gasteiger charge is 2.24. The standard InChI is InChI=1S/C19H19ClN2O4/c1-25-17-10-15(21)14(20)9-13(17)19(24)26-11-18(23)22-8-4-6-12-5-2-3-7-16(12)22/h2-3,5,7,9-10H,4,6,8,11,21H2,1H3. The number of aryl methyl sites for hydroxylation is 1. The molecule has 26 heavy (non-hydrogen) atoms. The molecular formula is C19H19ClN2O4. The van der Waals surface area contributed by atoms with Crippen LogP contribution in [0.1, 0.15) is 22.3 Å². The lowest BCUT2D eigenvalue weighted by Gasteiger charge is -2.29. The zero-order valence-corrected chi connectivity index (χ0v) is 15.1. The number of carbonyl (C=O) groups is 2. The van der Waals surface area contributed by atoms with Crippen LogP contribution in [0.15, 0.2) is 36.4 Å². The number of nitrogens with zero attached hydrogens (tertiary/aromatic N) is 1. The van der Waals surface area contributed by atoms with Gasteiger partial charge in [-0.1, -0.05) is 29.8 Å². The van der Waals surface area contributed by atoms with E-state index in [9.17, 15) is 9.59 Å². The third kappa shape index (κ3) is 3.60. The predicted octanol–water partition coefficient (Wildman–Crippen LogP) is 3.07. The summed E-state index contributed by atoms with van der Waals surface area (Å²) < 4.78 is 10.3. The Balaban J connectivity index is 1.71. The summed E-state index contributed by atoms with van der Waals surface area (Å²) in [5.41, 5.74) is 8.11. The number of nitrogen functional groups attached to an aromatic ring is 1. The van der Waals surface area contributed by atoms with Crippen molar-refractivity contribution >= 4 is 34.9 Å². The van der Waals surface area contributed by atoms with Crippen molar-refractivity contribution in [3.05, 3.63) is 52.5 Å². The van der Waals surface area contributed by atoms with Crippen molar-refractivity contribution in [2.75, 3.05) is 30.9 Å². The van der Waals surface area contributed by atoms with Crippen molar-refractivity contribution in [2.45, 2.75) is 12.8 Å². The van der Waals surface area contributed by atoms with Gasteiger partial charge in [0, 0.05) is 18.3 Å². The quantitative estimate of drug-likeness (QED) is 0.657. The highest BCUT2D eigenvalue weighted by atomic mass is 35.5. The molecule has 1 aliphatic heterocycles. The van der Waals surface area contributed by atoms with E-state index in [2.05, 4.69) is 0 Å². The Kier molecular flexibility index (Phi) is 5.32. The maximum Gasteiger partial charge on any atom is 0.342 e. The number of hydrogen-bond acceptors (Lipinski definition) is 5. The van der Waals surface area contributed by atoms with Crippen LogP contribution in [-0.2, 0) is 16.0 Å². The van der Waals surface area contributed by atoms with Crippen LogP contribution in [0, 0.1) is 0 Å². The first kappa shape index (κ1) is 18.1. The average Bonchev–Trinajstić information content (AvgIpc) is 2.67. The summed E-state index contributed by atoms with van der Waals surface area (Å²) in [7, 11) is 1.41. The number of fused-ring (bicyclic) bond motifs is 1. The topological polar surface area (TPSA) is 81.9 Å². The smallest absolute Gasteiger partial charge is 0.342 e. The normalized spacial score (nSPS) is 13.1. The maximum atomic E-state index is 12.5. The number of hydrogen-bond donors (Lipinski definition) is 1. The van der Waals surface area contributed by atoms with Gasteiger partial charge in [-0.25, -0.2) is 4.79 Å². The first-order valence-electron chi connectivity index (χ1n) is 8.19. The Bertz CT molecular complexity index is 853. The van der Waals surface area contributed by atoms with Crippen LogP contribution in [0.4, 0.5) is 11.4 Å². The molecule has 0 saturated heterocycles. The minimum atomic E-state index is -0.692. The Morgan fingerprint density at radius 2 is 2.04 bits per heavy atom. The lowest BCUT2D eigenvalue weighted by atomic mass is 10.0. The Hall–Kier alpha value is -2.73. The van der Waals surface area contributed by atoms with Crippen LogP contribution in [0.3, 0.4) is 0 Å². The molecule has 0 bridgehead atoms. The molecule has 0 spiro atoms. The van der Waals surface area contributed by atoms with E-state index in [0.717, 1.165) is 24.1 Å². The second kappa shape index (κ2) is 7.66. The summed E-state index contributed by atoms with van der Waals surface area (Å²) in [6.45, 7) is 0.239. The van der Waals surface area contributed by atoms with Gasteiger partial charge in [-0.3, -0.25) is 4.79 Å². The van der Waals surface area contributed by atoms with Crippen molar-refractivity contribution in [1.29, 1.82) is 0 Å². The maximum absolute atomic E-state index is 12.5. The molecule has 1 aliphatic rings. The zero-order chi connectivity index (χ0) is 18.7. The molecule has 2 N–H and O–H groups in total. The molecule has 2 aromatic rings. The van der Waals surface area contributed by atoms with E-state index in [-0.39, 0.29) is 28.8 Å². The molecule has 136 valence electrons. The molecule has 2 aromatic carbocycles. The summed E-state index contributed by atoms with van der Waals surface area (Å²) >= 11 is 5.96. The van der Waals surface area contributed by atoms with E-state index < -0.39 is 5.97 Å². The van der Waals surface area contributed by atoms with Crippen molar-refractivity contribution in [3.8, 4) is 5.75 Å². The van der Waals surface area contributed by atoms with Gasteiger partial charge >= 0.3 is 5.97 Å². The molecule has 6 nitrogen and oxygen atoms in total. The van der Waals surface area contributed by atoms with E-state index in [0.29, 0.717) is 12.2 Å². The molecule has 0 radical (unpaired) electrons. The van der Waals surface area contributed by atoms with E-state index >= 15 is 0 Å². The van der Waals surface area contributed by atoms with Crippen molar-refractivity contribution < 1.29 is 19.1 Å². The highest BCUT2D eigenvalue weighted by molar-refractivity contribution is 6.33. The molecule has 0 atom stereocenters. The molecule has 1 heterocycles. The number of benzene rings is 2. The first-order chi connectivity index (χ1) is 12.5. The summed E-state index contributed by atoms with van der Waals surface area (Å²) in [6.07, 6.45) is 1.80. The average molecular weight is 375 g/mol. The predicted molar refractivity (Wildman–Crippen MR) is 99.8 cm³/mol. The number of ether oxygens (including phenoxy) is 2. The lowest BCUT2D eigenvalue weighted by Crippen LogP contribution is -2.38. The van der Waals surface area contributed by atoms with Gasteiger partial charge in [0.15, 0.2) is 6.61 Å². The Morgan fingerprint density at radius 1 is 1.27 bits per heavy atom. The van der Waals surface area contributed by atoms with Crippen LogP contribution in [0.2, 0.25) is 5.02 Å². The number of rotatable bonds is 4. The fraction of sp³-hybridized carbons (Fsp3) is 0.263. The van der Waals surface area contributed by atoms with Gasteiger partial charge in [-0.2, -0.15) is 0 Å². The van der Waals surface area contributed by atoms with Crippen LogP contribution in [0.5, 0.6) is 5.75 Å². The van der Waals surface area contributed by atoms with E-state index in [1.54, 1.807) is 4.90 Å². The molecule has 1 amide bonds. The number of methoxy groups -OCH3 is 1. The summed E-state index contributed by atoms with van der Waals surface area (Å²) in [4.78, 5) is 26.5. The van der Waals surface area contributed by atoms with Gasteiger partial charge in [0.1, 0.15) is 11.3 Å². The van der Waals surface area contributed by atoms with Crippen LogP contribution >= 0.6 is 11.6 Å². The second-order valence-corrected chi connectivity index (χ2v) is 6.33. The van der Waals surface area contributed by atoms with Crippen molar-refractivity contribution in [2.24, 2.45) is 0 Å². The molecule has 3 rings (SSSR count). The lowest BCUT2D eigenvalue weighted by molar-refractivity contribution is -0.121. The summed E-state index contributed by atoms with van der Waals surface area (Å²) in [5, 5.41) is 0.217. The van der Waals surface area contributed by atoms with Gasteiger partial charge in [0.2, 0.25) is 0 Å². The van der Waals surface area contributed by atoms with E-state index in [1.165, 1.54) is 19.2 Å². The van der Waals surface area contributed by atoms with E-state index in [4.69, 9.17) is 26.8 Å². The van der Waals surface area contributed by atoms with E-state index in [1.807, 2.05) is 24.3 Å². The van der Waals surface area contributed by atoms with Gasteiger partial charge in [0.25, 0.3) is 5.91 Å². The van der Waals surface area contributed by atoms with Crippen molar-refractivity contribution in [3.63, 3.8) is 0 Å². The third-order valence-corrected chi connectivity index (χ3v) is 4.60. The van der Waals surface area contributed by atoms with Gasteiger partial charge in [-0.15, -0.1) is 0 Å². The molecule has 0 aliphatic carbocycles. The van der Waals surface area contributed by atoms with Crippen molar-refractivity contribution in [1.82, 2.24) is 0 Å². The van der Waals surface area contributed by atoms with Crippen LogP contribution in [-0.4, -0.2) is 32.1 Å². The molecule has 0 unspecified atom stereocenters. The summed E-state index contributed by atoms with van der Waals surface area (Å²) in [5.74, 6) is -0.721. The Morgan fingerprint density at radius 3 is 2.81 bits per heavy atom. The number of anilines is 2. The third-order valence-electron chi connectivity index (χ3n) is 4.28. The summed E-state index contributed by atoms with van der Waals surface area (Å²) in [6, 6.07) is 10.6.